The van der Waals surface area contributed by atoms with Crippen LogP contribution in [-0.2, 0) is 10.4 Å². The molecule has 1 aromatic rings. The smallest absolute Gasteiger partial charge is 0.222 e. The molecule has 1 aliphatic heterocycles. The lowest BCUT2D eigenvalue weighted by atomic mass is 9.47. The van der Waals surface area contributed by atoms with Gasteiger partial charge in [-0.3, -0.25) is 4.79 Å². The lowest BCUT2D eigenvalue weighted by Crippen LogP contribution is -2.50. The van der Waals surface area contributed by atoms with Crippen LogP contribution in [0, 0.1) is 40.4 Å². The lowest BCUT2D eigenvalue weighted by molar-refractivity contribution is -0.136. The summed E-state index contributed by atoms with van der Waals surface area (Å²) in [5.74, 6) is 3.86. The van der Waals surface area contributed by atoms with Crippen LogP contribution in [0.2, 0.25) is 0 Å². The fraction of sp³-hybridized carbons (Fsp3) is 0.788. The Morgan fingerprint density at radius 2 is 1.87 bits per heavy atom. The number of hydrogen-bond donors (Lipinski definition) is 2. The molecule has 4 fully saturated rings. The fourth-order valence-corrected chi connectivity index (χ4v) is 10.3. The molecule has 39 heavy (non-hydrogen) atoms. The van der Waals surface area contributed by atoms with Gasteiger partial charge in [0.2, 0.25) is 5.91 Å². The number of carbonyl (C=O) groups is 1. The highest BCUT2D eigenvalue weighted by Crippen LogP contribution is 2.67. The first kappa shape index (κ1) is 27.4. The van der Waals surface area contributed by atoms with Gasteiger partial charge in [-0.05, 0) is 117 Å². The number of fused-ring (bicyclic) bond motifs is 5. The monoisotopic (exact) mass is 535 g/mol. The second kappa shape index (κ2) is 10.2. The molecule has 0 aromatic carbocycles. The zero-order valence-electron chi connectivity index (χ0n) is 24.3. The van der Waals surface area contributed by atoms with Crippen molar-refractivity contribution in [1.82, 2.24) is 15.1 Å². The van der Waals surface area contributed by atoms with E-state index in [0.29, 0.717) is 55.0 Å². The van der Waals surface area contributed by atoms with Gasteiger partial charge in [-0.1, -0.05) is 32.4 Å². The summed E-state index contributed by atoms with van der Waals surface area (Å²) in [6, 6.07) is 1.83. The minimum Gasteiger partial charge on any atom is -0.393 e. The first-order valence-corrected chi connectivity index (χ1v) is 15.8. The molecule has 2 heterocycles. The van der Waals surface area contributed by atoms with Crippen molar-refractivity contribution in [2.75, 3.05) is 13.1 Å². The van der Waals surface area contributed by atoms with Crippen molar-refractivity contribution in [2.45, 2.75) is 110 Å². The molecule has 3 saturated carbocycles. The highest BCUT2D eigenvalue weighted by molar-refractivity contribution is 5.76. The van der Waals surface area contributed by atoms with E-state index in [1.807, 2.05) is 11.0 Å². The van der Waals surface area contributed by atoms with E-state index in [-0.39, 0.29) is 12.0 Å². The Balaban J connectivity index is 1.05. The van der Waals surface area contributed by atoms with Gasteiger partial charge in [0.15, 0.2) is 0 Å². The maximum Gasteiger partial charge on any atom is 0.222 e. The molecule has 8 atom stereocenters. The molecule has 0 spiro atoms. The number of hydrogen-bond acceptors (Lipinski definition) is 5. The van der Waals surface area contributed by atoms with Crippen molar-refractivity contribution in [3.63, 3.8) is 0 Å². The van der Waals surface area contributed by atoms with Crippen molar-refractivity contribution in [3.8, 4) is 0 Å². The number of aromatic nitrogens is 2. The molecule has 6 nitrogen and oxygen atoms in total. The number of amides is 1. The zero-order chi connectivity index (χ0) is 27.4. The molecule has 4 aliphatic carbocycles. The van der Waals surface area contributed by atoms with Crippen LogP contribution in [0.5, 0.6) is 0 Å². The molecule has 6 heteroatoms. The molecule has 2 N–H and O–H groups in total. The molecule has 6 rings (SSSR count). The van der Waals surface area contributed by atoms with Crippen molar-refractivity contribution in [1.29, 1.82) is 0 Å². The van der Waals surface area contributed by atoms with E-state index in [1.54, 1.807) is 18.0 Å². The van der Waals surface area contributed by atoms with Crippen LogP contribution in [0.4, 0.5) is 0 Å². The first-order valence-electron chi connectivity index (χ1n) is 15.8. The Morgan fingerprint density at radius 3 is 2.62 bits per heavy atom. The third-order valence-corrected chi connectivity index (χ3v) is 12.7. The lowest BCUT2D eigenvalue weighted by Gasteiger charge is -2.58. The predicted molar refractivity (Wildman–Crippen MR) is 151 cm³/mol. The minimum absolute atomic E-state index is 0.135. The van der Waals surface area contributed by atoms with Crippen LogP contribution in [0.15, 0.2) is 30.1 Å². The second-order valence-electron chi connectivity index (χ2n) is 14.4. The van der Waals surface area contributed by atoms with Crippen LogP contribution >= 0.6 is 0 Å². The molecular weight excluding hydrogens is 486 g/mol. The maximum absolute atomic E-state index is 13.2. The van der Waals surface area contributed by atoms with E-state index < -0.39 is 5.60 Å². The van der Waals surface area contributed by atoms with E-state index in [9.17, 15) is 15.0 Å². The van der Waals surface area contributed by atoms with Crippen LogP contribution in [0.25, 0.3) is 0 Å². The first-order chi connectivity index (χ1) is 18.6. The molecule has 1 amide bonds. The molecule has 214 valence electrons. The normalized spacial score (nSPS) is 40.2. The number of aliphatic hydroxyl groups excluding tert-OH is 1. The Bertz CT molecular complexity index is 1080. The van der Waals surface area contributed by atoms with Gasteiger partial charge >= 0.3 is 0 Å². The summed E-state index contributed by atoms with van der Waals surface area (Å²) in [7, 11) is 0. The Kier molecular flexibility index (Phi) is 7.19. The number of nitrogens with zero attached hydrogens (tertiary/aromatic N) is 3. The van der Waals surface area contributed by atoms with E-state index in [0.717, 1.165) is 49.0 Å². The number of piperidine rings is 1. The average Bonchev–Trinajstić information content (AvgIpc) is 3.30. The third kappa shape index (κ3) is 4.67. The van der Waals surface area contributed by atoms with Crippen molar-refractivity contribution < 1.29 is 15.0 Å². The molecule has 0 radical (unpaired) electrons. The summed E-state index contributed by atoms with van der Waals surface area (Å²) >= 11 is 0. The fourth-order valence-electron chi connectivity index (χ4n) is 10.3. The van der Waals surface area contributed by atoms with Crippen LogP contribution in [0.3, 0.4) is 0 Å². The summed E-state index contributed by atoms with van der Waals surface area (Å²) in [6.07, 6.45) is 17.9. The van der Waals surface area contributed by atoms with Gasteiger partial charge in [-0.25, -0.2) is 0 Å². The third-order valence-electron chi connectivity index (χ3n) is 12.7. The van der Waals surface area contributed by atoms with Crippen molar-refractivity contribution >= 4 is 5.91 Å². The molecule has 0 bridgehead atoms. The highest BCUT2D eigenvalue weighted by Gasteiger charge is 2.59. The summed E-state index contributed by atoms with van der Waals surface area (Å²) in [6.45, 7) is 8.72. The van der Waals surface area contributed by atoms with Gasteiger partial charge in [0, 0.05) is 31.3 Å². The van der Waals surface area contributed by atoms with Gasteiger partial charge in [0.25, 0.3) is 0 Å². The van der Waals surface area contributed by atoms with E-state index >= 15 is 0 Å². The van der Waals surface area contributed by atoms with Crippen molar-refractivity contribution in [2.24, 2.45) is 40.4 Å². The molecule has 5 aliphatic rings. The summed E-state index contributed by atoms with van der Waals surface area (Å²) < 4.78 is 0. The molecule has 0 unspecified atom stereocenters. The SMILES string of the molecule is C[C@H](CCC(=O)N1CCC(O)(c2ccnnc2)CC1)[C@H]1CC[C@H]2[C@@H]3CC=C4C[C@@H](O)CC[C@]4(C)[C@H]3CC[C@]12C. The number of carbonyl (C=O) groups excluding carboxylic acids is 1. The van der Waals surface area contributed by atoms with E-state index in [1.165, 1.54) is 32.1 Å². The zero-order valence-corrected chi connectivity index (χ0v) is 24.3. The Morgan fingerprint density at radius 1 is 1.08 bits per heavy atom. The van der Waals surface area contributed by atoms with Crippen LogP contribution in [0.1, 0.15) is 103 Å². The van der Waals surface area contributed by atoms with Gasteiger partial charge < -0.3 is 15.1 Å². The second-order valence-corrected chi connectivity index (χ2v) is 14.4. The maximum atomic E-state index is 13.2. The summed E-state index contributed by atoms with van der Waals surface area (Å²) in [5, 5.41) is 29.1. The standard InChI is InChI=1S/C33H49N3O3/c1-22(4-9-30(38)36-18-15-33(39,16-19-36)24-12-17-34-35-21-24)27-7-8-28-26-6-5-23-20-25(37)10-13-31(23,2)29(26)11-14-32(27,28)3/h5,12,17,21-22,25-29,37,39H,4,6-11,13-16,18-20H2,1-3H3/t22-,25+,26+,27-,28+,29+,31+,32-/m1/s1. The molecular formula is C33H49N3O3. The average molecular weight is 536 g/mol. The van der Waals surface area contributed by atoms with Gasteiger partial charge in [-0.15, -0.1) is 0 Å². The van der Waals surface area contributed by atoms with Gasteiger partial charge in [-0.2, -0.15) is 10.2 Å². The van der Waals surface area contributed by atoms with Gasteiger partial charge in [0.05, 0.1) is 17.9 Å². The van der Waals surface area contributed by atoms with Crippen LogP contribution in [-0.4, -0.2) is 50.4 Å². The minimum atomic E-state index is -0.907. The Labute approximate surface area is 234 Å². The quantitative estimate of drug-likeness (QED) is 0.477. The van der Waals surface area contributed by atoms with E-state index in [2.05, 4.69) is 37.0 Å². The predicted octanol–water partition coefficient (Wildman–Crippen LogP) is 5.64. The Hall–Kier alpha value is -1.79. The number of rotatable bonds is 5. The largest absolute Gasteiger partial charge is 0.393 e. The number of allylic oxidation sites excluding steroid dienone is 1. The van der Waals surface area contributed by atoms with Gasteiger partial charge in [0.1, 0.15) is 0 Å². The van der Waals surface area contributed by atoms with Crippen LogP contribution < -0.4 is 0 Å². The molecule has 1 aromatic heterocycles. The number of aliphatic hydroxyl groups is 2. The summed E-state index contributed by atoms with van der Waals surface area (Å²) in [5.41, 5.74) is 2.14. The highest BCUT2D eigenvalue weighted by atomic mass is 16.3. The number of likely N-dealkylation sites (tertiary alicyclic amines) is 1. The van der Waals surface area contributed by atoms with E-state index in [4.69, 9.17) is 0 Å². The van der Waals surface area contributed by atoms with Crippen molar-refractivity contribution in [3.05, 3.63) is 35.7 Å². The topological polar surface area (TPSA) is 86.6 Å². The molecule has 1 saturated heterocycles. The summed E-state index contributed by atoms with van der Waals surface area (Å²) in [4.78, 5) is 15.2.